The van der Waals surface area contributed by atoms with Gasteiger partial charge in [-0.3, -0.25) is 4.79 Å². The summed E-state index contributed by atoms with van der Waals surface area (Å²) in [7, 11) is 0. The molecule has 1 aromatic heterocycles. The molecule has 1 aliphatic heterocycles. The smallest absolute Gasteiger partial charge is 0.438 e. The van der Waals surface area contributed by atoms with Crippen LogP contribution >= 0.6 is 23.2 Å². The van der Waals surface area contributed by atoms with Crippen molar-refractivity contribution in [3.05, 3.63) is 51.9 Å². The summed E-state index contributed by atoms with van der Waals surface area (Å²) in [6.07, 6.45) is -5.14. The number of hydrogen-bond donors (Lipinski definition) is 1. The fraction of sp³-hybridized carbons (Fsp3) is 0.250. The number of hydrogen-bond acceptors (Lipinski definition) is 5. The van der Waals surface area contributed by atoms with Crippen LogP contribution in [0.15, 0.2) is 39.9 Å². The van der Waals surface area contributed by atoms with E-state index >= 15 is 0 Å². The van der Waals surface area contributed by atoms with Crippen LogP contribution in [-0.2, 0) is 6.61 Å². The van der Waals surface area contributed by atoms with Crippen LogP contribution < -0.4 is 4.74 Å². The van der Waals surface area contributed by atoms with Gasteiger partial charge in [0.1, 0.15) is 18.1 Å². The third kappa shape index (κ3) is 3.76. The number of hydrazone groups is 1. The first-order valence-corrected chi connectivity index (χ1v) is 8.20. The molecule has 1 atom stereocenters. The first-order chi connectivity index (χ1) is 12.6. The Morgan fingerprint density at radius 3 is 2.74 bits per heavy atom. The first-order valence-electron chi connectivity index (χ1n) is 7.44. The lowest BCUT2D eigenvalue weighted by Gasteiger charge is -2.31. The van der Waals surface area contributed by atoms with E-state index in [9.17, 15) is 23.1 Å². The number of carbonyl (C=O) groups is 1. The molecular formula is C16H11Cl2F3N2O4. The Kier molecular flexibility index (Phi) is 5.11. The monoisotopic (exact) mass is 422 g/mol. The number of aliphatic hydroxyl groups is 1. The highest BCUT2D eigenvalue weighted by Crippen LogP contribution is 2.39. The van der Waals surface area contributed by atoms with Crippen LogP contribution in [0.2, 0.25) is 10.0 Å². The molecule has 11 heteroatoms. The highest BCUT2D eigenvalue weighted by molar-refractivity contribution is 6.35. The number of furan rings is 1. The van der Waals surface area contributed by atoms with Crippen molar-refractivity contribution in [3.8, 4) is 5.75 Å². The molecule has 0 bridgehead atoms. The van der Waals surface area contributed by atoms with E-state index < -0.39 is 30.0 Å². The number of benzene rings is 1. The average Bonchev–Trinajstić information content (AvgIpc) is 3.20. The molecule has 27 heavy (non-hydrogen) atoms. The third-order valence-electron chi connectivity index (χ3n) is 3.71. The molecule has 1 amide bonds. The van der Waals surface area contributed by atoms with E-state index in [1.165, 1.54) is 18.2 Å². The van der Waals surface area contributed by atoms with Gasteiger partial charge in [0.25, 0.3) is 5.72 Å². The van der Waals surface area contributed by atoms with Crippen LogP contribution in [-0.4, -0.2) is 34.1 Å². The zero-order valence-electron chi connectivity index (χ0n) is 13.3. The molecule has 0 radical (unpaired) electrons. The lowest BCUT2D eigenvalue weighted by atomic mass is 10.1. The van der Waals surface area contributed by atoms with E-state index in [1.54, 1.807) is 6.07 Å². The minimum atomic E-state index is -5.08. The maximum Gasteiger partial charge on any atom is 0.438 e. The normalized spacial score (nSPS) is 19.6. The van der Waals surface area contributed by atoms with Gasteiger partial charge in [-0.2, -0.15) is 23.3 Å². The first kappa shape index (κ1) is 19.5. The molecule has 0 fully saturated rings. The summed E-state index contributed by atoms with van der Waals surface area (Å²) >= 11 is 11.7. The van der Waals surface area contributed by atoms with Gasteiger partial charge in [0.05, 0.1) is 5.02 Å². The lowest BCUT2D eigenvalue weighted by Crippen LogP contribution is -2.56. The fourth-order valence-electron chi connectivity index (χ4n) is 2.30. The SMILES string of the molecule is O=C(c1ccc(COc2ccc(Cl)cc2Cl)o1)N1N=CC[C@]1(O)C(F)(F)F. The van der Waals surface area contributed by atoms with Crippen LogP contribution in [0.25, 0.3) is 0 Å². The molecule has 0 aliphatic carbocycles. The van der Waals surface area contributed by atoms with Crippen LogP contribution in [0.3, 0.4) is 0 Å². The number of amides is 1. The van der Waals surface area contributed by atoms with Crippen molar-refractivity contribution in [3.63, 3.8) is 0 Å². The number of carbonyl (C=O) groups excluding carboxylic acids is 1. The Balaban J connectivity index is 1.72. The predicted molar refractivity (Wildman–Crippen MR) is 89.8 cm³/mol. The summed E-state index contributed by atoms with van der Waals surface area (Å²) in [6.45, 7) is -0.137. The molecule has 144 valence electrons. The Morgan fingerprint density at radius 1 is 1.33 bits per heavy atom. The molecule has 0 saturated heterocycles. The molecule has 0 spiro atoms. The molecule has 1 aliphatic rings. The molecule has 1 aromatic carbocycles. The number of halogens is 5. The molecule has 0 saturated carbocycles. The van der Waals surface area contributed by atoms with Crippen LogP contribution in [0, 0.1) is 0 Å². The van der Waals surface area contributed by atoms with E-state index in [-0.39, 0.29) is 22.4 Å². The predicted octanol–water partition coefficient (Wildman–Crippen LogP) is 4.25. The van der Waals surface area contributed by atoms with Gasteiger partial charge in [-0.05, 0) is 30.3 Å². The largest absolute Gasteiger partial charge is 0.484 e. The second-order valence-electron chi connectivity index (χ2n) is 5.56. The molecular weight excluding hydrogens is 412 g/mol. The molecule has 2 aromatic rings. The highest BCUT2D eigenvalue weighted by atomic mass is 35.5. The van der Waals surface area contributed by atoms with Crippen molar-refractivity contribution >= 4 is 35.3 Å². The summed E-state index contributed by atoms with van der Waals surface area (Å²) in [4.78, 5) is 12.3. The van der Waals surface area contributed by atoms with Crippen molar-refractivity contribution in [2.24, 2.45) is 5.10 Å². The Labute approximate surface area is 160 Å². The van der Waals surface area contributed by atoms with Gasteiger partial charge >= 0.3 is 12.1 Å². The molecule has 1 N–H and O–H groups in total. The van der Waals surface area contributed by atoms with E-state index in [0.29, 0.717) is 10.8 Å². The van der Waals surface area contributed by atoms with Crippen molar-refractivity contribution < 1.29 is 32.2 Å². The minimum absolute atomic E-state index is 0.0491. The maximum absolute atomic E-state index is 13.1. The second kappa shape index (κ2) is 7.06. The fourth-order valence-corrected chi connectivity index (χ4v) is 2.77. The number of nitrogens with zero attached hydrogens (tertiary/aromatic N) is 2. The van der Waals surface area contributed by atoms with Crippen LogP contribution in [0.1, 0.15) is 22.7 Å². The summed E-state index contributed by atoms with van der Waals surface area (Å²) in [6, 6.07) is 7.07. The van der Waals surface area contributed by atoms with Crippen LogP contribution in [0.4, 0.5) is 13.2 Å². The van der Waals surface area contributed by atoms with E-state index in [2.05, 4.69) is 5.10 Å². The number of ether oxygens (including phenoxy) is 1. The molecule has 2 heterocycles. The Hall–Kier alpha value is -2.23. The van der Waals surface area contributed by atoms with Gasteiger partial charge < -0.3 is 14.3 Å². The van der Waals surface area contributed by atoms with E-state index in [4.69, 9.17) is 32.4 Å². The van der Waals surface area contributed by atoms with Crippen molar-refractivity contribution in [2.75, 3.05) is 0 Å². The third-order valence-corrected chi connectivity index (χ3v) is 4.24. The zero-order chi connectivity index (χ0) is 19.8. The van der Waals surface area contributed by atoms with Crippen molar-refractivity contribution in [2.45, 2.75) is 24.9 Å². The standard InChI is InChI=1S/C16H11Cl2F3N2O4/c17-9-1-3-12(11(18)7-9)26-8-10-2-4-13(27-10)14(24)23-15(25,5-6-22-23)16(19,20)21/h1-4,6-7,25H,5,8H2/t15-/m0/s1. The van der Waals surface area contributed by atoms with Gasteiger partial charge in [0.15, 0.2) is 5.76 Å². The number of rotatable bonds is 4. The van der Waals surface area contributed by atoms with Crippen LogP contribution in [0.5, 0.6) is 5.75 Å². The average molecular weight is 423 g/mol. The quantitative estimate of drug-likeness (QED) is 0.798. The summed E-state index contributed by atoms with van der Waals surface area (Å²) in [5.41, 5.74) is -3.41. The Morgan fingerprint density at radius 2 is 2.07 bits per heavy atom. The summed E-state index contributed by atoms with van der Waals surface area (Å²) in [5, 5.41) is 13.7. The summed E-state index contributed by atoms with van der Waals surface area (Å²) < 4.78 is 49.8. The Bertz CT molecular complexity index is 900. The minimum Gasteiger partial charge on any atom is -0.484 e. The van der Waals surface area contributed by atoms with E-state index in [1.807, 2.05) is 0 Å². The summed E-state index contributed by atoms with van der Waals surface area (Å²) in [5.74, 6) is -1.21. The zero-order valence-corrected chi connectivity index (χ0v) is 14.8. The van der Waals surface area contributed by atoms with E-state index in [0.717, 1.165) is 12.3 Å². The van der Waals surface area contributed by atoms with Gasteiger partial charge in [-0.25, -0.2) is 0 Å². The second-order valence-corrected chi connectivity index (χ2v) is 6.41. The lowest BCUT2D eigenvalue weighted by molar-refractivity contribution is -0.297. The van der Waals surface area contributed by atoms with Gasteiger partial charge in [-0.15, -0.1) is 0 Å². The number of alkyl halides is 3. The topological polar surface area (TPSA) is 75.3 Å². The van der Waals surface area contributed by atoms with Gasteiger partial charge in [0.2, 0.25) is 0 Å². The molecule has 0 unspecified atom stereocenters. The van der Waals surface area contributed by atoms with Gasteiger partial charge in [0, 0.05) is 17.7 Å². The molecule has 3 rings (SSSR count). The molecule has 6 nitrogen and oxygen atoms in total. The van der Waals surface area contributed by atoms with Gasteiger partial charge in [-0.1, -0.05) is 23.2 Å². The maximum atomic E-state index is 13.1. The highest BCUT2D eigenvalue weighted by Gasteiger charge is 2.61. The van der Waals surface area contributed by atoms with Crippen molar-refractivity contribution in [1.82, 2.24) is 5.01 Å². The van der Waals surface area contributed by atoms with Crippen molar-refractivity contribution in [1.29, 1.82) is 0 Å².